The van der Waals surface area contributed by atoms with Gasteiger partial charge in [0, 0.05) is 28.2 Å². The van der Waals surface area contributed by atoms with Crippen LogP contribution in [0.1, 0.15) is 56.5 Å². The second-order valence-electron chi connectivity index (χ2n) is 6.79. The lowest BCUT2D eigenvalue weighted by atomic mass is 9.91. The van der Waals surface area contributed by atoms with Crippen molar-refractivity contribution in [2.45, 2.75) is 34.1 Å². The van der Waals surface area contributed by atoms with Gasteiger partial charge in [-0.3, -0.25) is 0 Å². The van der Waals surface area contributed by atoms with E-state index < -0.39 is 0 Å². The zero-order chi connectivity index (χ0) is 21.1. The van der Waals surface area contributed by atoms with Gasteiger partial charge in [0.25, 0.3) is 0 Å². The van der Waals surface area contributed by atoms with Gasteiger partial charge < -0.3 is 4.57 Å². The molecule has 0 spiro atoms. The summed E-state index contributed by atoms with van der Waals surface area (Å²) >= 11 is 0. The Morgan fingerprint density at radius 3 is 2.33 bits per heavy atom. The maximum absolute atomic E-state index is 3.18. The van der Waals surface area contributed by atoms with Crippen LogP contribution < -0.4 is 0 Å². The number of para-hydroxylation sites is 1. The number of hydrogen-bond acceptors (Lipinski definition) is 0. The number of hydrogen-bond donors (Lipinski definition) is 0. The molecular weight excluding hydrogens is 362 g/mol. The van der Waals surface area contributed by atoms with Crippen LogP contribution >= 0.6 is 0 Å². The number of aromatic nitrogens is 1. The van der Waals surface area contributed by atoms with Crippen molar-refractivity contribution in [1.82, 2.24) is 4.57 Å². The SMILES string of the molecule is C1=C=CC2=C(C=1)c1ccccc1C1=CCC=Cc3c1n2c1ccccc31.CC.CC. The van der Waals surface area contributed by atoms with Crippen molar-refractivity contribution in [3.8, 4) is 0 Å². The van der Waals surface area contributed by atoms with Crippen LogP contribution in [0.2, 0.25) is 0 Å². The molecule has 0 N–H and O–H groups in total. The maximum atomic E-state index is 3.18. The summed E-state index contributed by atoms with van der Waals surface area (Å²) < 4.78 is 2.41. The monoisotopic (exact) mass is 389 g/mol. The normalized spacial score (nSPS) is 14.3. The second-order valence-corrected chi connectivity index (χ2v) is 6.79. The van der Waals surface area contributed by atoms with Gasteiger partial charge in [0.1, 0.15) is 0 Å². The molecule has 0 bridgehead atoms. The Morgan fingerprint density at radius 2 is 1.50 bits per heavy atom. The van der Waals surface area contributed by atoms with Crippen molar-refractivity contribution in [2.24, 2.45) is 0 Å². The highest BCUT2D eigenvalue weighted by Gasteiger charge is 2.28. The van der Waals surface area contributed by atoms with Gasteiger partial charge in [-0.15, -0.1) is 0 Å². The molecule has 1 aromatic heterocycles. The molecule has 6 rings (SSSR count). The van der Waals surface area contributed by atoms with Crippen LogP contribution in [0.5, 0.6) is 0 Å². The van der Waals surface area contributed by atoms with Gasteiger partial charge in [-0.2, -0.15) is 0 Å². The minimum absolute atomic E-state index is 0.946. The molecule has 0 atom stereocenters. The molecule has 1 heteroatoms. The molecule has 0 amide bonds. The third-order valence-electron chi connectivity index (χ3n) is 5.44. The van der Waals surface area contributed by atoms with Crippen molar-refractivity contribution in [2.75, 3.05) is 0 Å². The van der Waals surface area contributed by atoms with Gasteiger partial charge in [0.15, 0.2) is 0 Å². The second kappa shape index (κ2) is 8.47. The number of rotatable bonds is 0. The highest BCUT2D eigenvalue weighted by molar-refractivity contribution is 6.09. The average Bonchev–Trinajstić information content (AvgIpc) is 2.94. The van der Waals surface area contributed by atoms with Crippen LogP contribution in [-0.4, -0.2) is 4.57 Å². The van der Waals surface area contributed by atoms with Crippen LogP contribution in [-0.2, 0) is 0 Å². The Morgan fingerprint density at radius 1 is 0.800 bits per heavy atom. The highest BCUT2D eigenvalue weighted by atomic mass is 15.0. The molecule has 0 saturated carbocycles. The Kier molecular flexibility index (Phi) is 5.59. The summed E-state index contributed by atoms with van der Waals surface area (Å²) in [6, 6.07) is 17.4. The van der Waals surface area contributed by atoms with Gasteiger partial charge in [0.2, 0.25) is 0 Å². The molecule has 30 heavy (non-hydrogen) atoms. The van der Waals surface area contributed by atoms with Crippen molar-refractivity contribution in [1.29, 1.82) is 0 Å². The average molecular weight is 390 g/mol. The molecule has 1 aliphatic heterocycles. The summed E-state index contributed by atoms with van der Waals surface area (Å²) in [5, 5.41) is 1.30. The zero-order valence-corrected chi connectivity index (χ0v) is 18.2. The topological polar surface area (TPSA) is 4.93 Å². The lowest BCUT2D eigenvalue weighted by molar-refractivity contribution is 1.15. The van der Waals surface area contributed by atoms with Crippen molar-refractivity contribution < 1.29 is 0 Å². The van der Waals surface area contributed by atoms with Crippen LogP contribution in [0.3, 0.4) is 0 Å². The first-order valence-electron chi connectivity index (χ1n) is 11.0. The van der Waals surface area contributed by atoms with Crippen LogP contribution in [0, 0.1) is 0 Å². The van der Waals surface area contributed by atoms with Gasteiger partial charge in [-0.25, -0.2) is 0 Å². The highest BCUT2D eigenvalue weighted by Crippen LogP contribution is 2.45. The number of nitrogens with zero attached hydrogens (tertiary/aromatic N) is 1. The minimum Gasteiger partial charge on any atom is -0.307 e. The fraction of sp³-hybridized carbons (Fsp3) is 0.172. The summed E-state index contributed by atoms with van der Waals surface area (Å²) in [4.78, 5) is 0. The van der Waals surface area contributed by atoms with Gasteiger partial charge >= 0.3 is 0 Å². The van der Waals surface area contributed by atoms with Gasteiger partial charge in [-0.05, 0) is 29.7 Å². The third kappa shape index (κ3) is 2.88. The molecule has 0 radical (unpaired) electrons. The molecule has 3 aliphatic rings. The van der Waals surface area contributed by atoms with E-state index in [4.69, 9.17) is 0 Å². The van der Waals surface area contributed by atoms with E-state index in [1.165, 1.54) is 50.1 Å². The smallest absolute Gasteiger partial charge is 0.0631 e. The van der Waals surface area contributed by atoms with Crippen molar-refractivity contribution in [3.63, 3.8) is 0 Å². The van der Waals surface area contributed by atoms with Gasteiger partial charge in [-0.1, -0.05) is 99.9 Å². The Hall–Kier alpha value is -3.50. The standard InChI is InChI=1S/C25H15N.2C2H6/c1-2-10-18-17(9-1)19-11-5-7-15-23(19)26-24-16-8-6-12-20(24)22-14-4-3-13-21(18)25(22)26;2*1-2/h1-2,4,6,8-16H,3H2;2*1-2H3. The number of allylic oxidation sites excluding steroid dienone is 6. The van der Waals surface area contributed by atoms with E-state index in [0.29, 0.717) is 0 Å². The molecule has 2 heterocycles. The fourth-order valence-corrected chi connectivity index (χ4v) is 4.38. The molecule has 0 unspecified atom stereocenters. The molecule has 0 saturated heterocycles. The predicted octanol–water partition coefficient (Wildman–Crippen LogP) is 8.10. The minimum atomic E-state index is 0.946. The molecule has 2 aliphatic carbocycles. The number of benzene rings is 2. The van der Waals surface area contributed by atoms with E-state index in [2.05, 4.69) is 94.9 Å². The molecule has 3 aromatic rings. The lowest BCUT2D eigenvalue weighted by Gasteiger charge is -2.13. The van der Waals surface area contributed by atoms with E-state index in [1.807, 2.05) is 27.7 Å². The van der Waals surface area contributed by atoms with E-state index in [0.717, 1.165) is 6.42 Å². The molecular formula is C29H27N. The molecule has 0 fully saturated rings. The first-order valence-corrected chi connectivity index (χ1v) is 11.0. The van der Waals surface area contributed by atoms with Crippen LogP contribution in [0.4, 0.5) is 0 Å². The Balaban J connectivity index is 0.000000516. The van der Waals surface area contributed by atoms with E-state index in [1.54, 1.807) is 0 Å². The maximum Gasteiger partial charge on any atom is 0.0631 e. The first-order chi connectivity index (χ1) is 14.9. The molecule has 1 nitrogen and oxygen atoms in total. The largest absolute Gasteiger partial charge is 0.307 e. The number of fused-ring (bicyclic) bond motifs is 7. The van der Waals surface area contributed by atoms with Crippen molar-refractivity contribution >= 4 is 33.8 Å². The summed E-state index contributed by atoms with van der Waals surface area (Å²) in [6.07, 6.45) is 12.0. The Bertz CT molecular complexity index is 1310. The molecule has 148 valence electrons. The summed E-state index contributed by atoms with van der Waals surface area (Å²) in [5.74, 6) is 0. The molecule has 2 aromatic carbocycles. The van der Waals surface area contributed by atoms with Gasteiger partial charge in [0.05, 0.1) is 16.9 Å². The summed E-state index contributed by atoms with van der Waals surface area (Å²) in [6.45, 7) is 8.00. The quantitative estimate of drug-likeness (QED) is 0.342. The van der Waals surface area contributed by atoms with E-state index >= 15 is 0 Å². The summed E-state index contributed by atoms with van der Waals surface area (Å²) in [7, 11) is 0. The summed E-state index contributed by atoms with van der Waals surface area (Å²) in [5.41, 5.74) is 16.4. The van der Waals surface area contributed by atoms with E-state index in [9.17, 15) is 0 Å². The van der Waals surface area contributed by atoms with Crippen molar-refractivity contribution in [3.05, 3.63) is 107 Å². The lowest BCUT2D eigenvalue weighted by Crippen LogP contribution is -2.01. The zero-order valence-electron chi connectivity index (χ0n) is 18.2. The van der Waals surface area contributed by atoms with Crippen LogP contribution in [0.25, 0.3) is 33.8 Å². The third-order valence-corrected chi connectivity index (χ3v) is 5.44. The van der Waals surface area contributed by atoms with Crippen LogP contribution in [0.15, 0.2) is 84.3 Å². The van der Waals surface area contributed by atoms with E-state index in [-0.39, 0.29) is 0 Å². The first kappa shape index (κ1) is 19.8. The Labute approximate surface area is 179 Å². The fourth-order valence-electron chi connectivity index (χ4n) is 4.38. The predicted molar refractivity (Wildman–Crippen MR) is 131 cm³/mol.